The Labute approximate surface area is 106 Å². The van der Waals surface area contributed by atoms with Gasteiger partial charge in [-0.1, -0.05) is 6.92 Å². The number of rotatable bonds is 4. The minimum atomic E-state index is -1.05. The third-order valence-corrected chi connectivity index (χ3v) is 4.26. The van der Waals surface area contributed by atoms with Gasteiger partial charge in [0.1, 0.15) is 5.54 Å². The molecule has 1 fully saturated rings. The highest BCUT2D eigenvalue weighted by Gasteiger charge is 2.45. The monoisotopic (exact) mass is 260 g/mol. The number of nitrogens with zero attached hydrogens (tertiary/aromatic N) is 1. The molecule has 1 heterocycles. The molecule has 1 saturated heterocycles. The summed E-state index contributed by atoms with van der Waals surface area (Å²) < 4.78 is 0. The maximum atomic E-state index is 11.9. The number of aliphatic carboxylic acids is 1. The molecule has 1 aliphatic rings. The van der Waals surface area contributed by atoms with Crippen molar-refractivity contribution in [3.05, 3.63) is 0 Å². The lowest BCUT2D eigenvalue weighted by Crippen LogP contribution is -2.54. The van der Waals surface area contributed by atoms with Crippen molar-refractivity contribution in [2.45, 2.75) is 37.5 Å². The van der Waals surface area contributed by atoms with Crippen LogP contribution in [0.2, 0.25) is 0 Å². The number of carbonyl (C=O) groups is 2. The van der Waals surface area contributed by atoms with Crippen molar-refractivity contribution >= 4 is 23.8 Å². The Morgan fingerprint density at radius 1 is 1.59 bits per heavy atom. The van der Waals surface area contributed by atoms with Gasteiger partial charge < -0.3 is 15.3 Å². The van der Waals surface area contributed by atoms with E-state index >= 15 is 0 Å². The van der Waals surface area contributed by atoms with Gasteiger partial charge in [0.05, 0.1) is 0 Å². The Bertz CT molecular complexity index is 311. The highest BCUT2D eigenvalue weighted by Crippen LogP contribution is 2.29. The molecule has 0 bridgehead atoms. The molecular formula is C11H20N2O3S. The van der Waals surface area contributed by atoms with Gasteiger partial charge in [-0.2, -0.15) is 11.8 Å². The molecule has 0 aromatic heterocycles. The van der Waals surface area contributed by atoms with Crippen molar-refractivity contribution in [1.29, 1.82) is 0 Å². The summed E-state index contributed by atoms with van der Waals surface area (Å²) in [7, 11) is 0. The van der Waals surface area contributed by atoms with Crippen molar-refractivity contribution in [1.82, 2.24) is 10.2 Å². The number of carboxylic acids is 1. The number of nitrogens with one attached hydrogen (secondary N) is 1. The van der Waals surface area contributed by atoms with Crippen LogP contribution >= 0.6 is 11.8 Å². The van der Waals surface area contributed by atoms with Crippen molar-refractivity contribution in [2.24, 2.45) is 0 Å². The lowest BCUT2D eigenvalue weighted by Gasteiger charge is -2.31. The number of carbonyl (C=O) groups excluding carboxylic acids is 1. The van der Waals surface area contributed by atoms with Crippen molar-refractivity contribution in [2.75, 3.05) is 19.3 Å². The van der Waals surface area contributed by atoms with E-state index in [1.807, 2.05) is 13.2 Å². The van der Waals surface area contributed by atoms with Crippen LogP contribution in [-0.4, -0.2) is 52.1 Å². The first kappa shape index (κ1) is 14.2. The van der Waals surface area contributed by atoms with Gasteiger partial charge in [-0.3, -0.25) is 0 Å². The molecule has 2 N–H and O–H groups in total. The Morgan fingerprint density at radius 3 is 2.76 bits per heavy atom. The standard InChI is InChI=1S/C11H20N2O3S/c1-8(17-3)7-12-10(16)13-6-4-5-11(13,2)9(14)15/h8H,4-7H2,1-3H3,(H,12,16)(H,14,15). The molecule has 0 aromatic carbocycles. The fourth-order valence-electron chi connectivity index (χ4n) is 1.92. The number of urea groups is 1. The minimum absolute atomic E-state index is 0.270. The topological polar surface area (TPSA) is 69.6 Å². The maximum absolute atomic E-state index is 11.9. The van der Waals surface area contributed by atoms with E-state index in [4.69, 9.17) is 0 Å². The first-order chi connectivity index (χ1) is 7.91. The third kappa shape index (κ3) is 3.06. The molecule has 5 nitrogen and oxygen atoms in total. The molecule has 0 saturated carbocycles. The summed E-state index contributed by atoms with van der Waals surface area (Å²) in [4.78, 5) is 24.6. The van der Waals surface area contributed by atoms with Crippen LogP contribution in [0.5, 0.6) is 0 Å². The lowest BCUT2D eigenvalue weighted by atomic mass is 10.00. The summed E-state index contributed by atoms with van der Waals surface area (Å²) in [6.07, 6.45) is 3.25. The van der Waals surface area contributed by atoms with Gasteiger partial charge in [-0.25, -0.2) is 9.59 Å². The Morgan fingerprint density at radius 2 is 2.24 bits per heavy atom. The van der Waals surface area contributed by atoms with Gasteiger partial charge in [0.2, 0.25) is 0 Å². The first-order valence-corrected chi connectivity index (χ1v) is 7.02. The summed E-state index contributed by atoms with van der Waals surface area (Å²) >= 11 is 1.67. The average molecular weight is 260 g/mol. The van der Waals surface area contributed by atoms with Crippen LogP contribution in [0.4, 0.5) is 4.79 Å². The molecule has 17 heavy (non-hydrogen) atoms. The van der Waals surface area contributed by atoms with E-state index in [-0.39, 0.29) is 6.03 Å². The molecule has 0 aliphatic carbocycles. The van der Waals surface area contributed by atoms with E-state index in [0.29, 0.717) is 24.8 Å². The molecule has 0 radical (unpaired) electrons. The molecule has 2 amide bonds. The van der Waals surface area contributed by atoms with E-state index in [2.05, 4.69) is 5.32 Å². The van der Waals surface area contributed by atoms with Crippen LogP contribution in [0.25, 0.3) is 0 Å². The molecule has 98 valence electrons. The van der Waals surface area contributed by atoms with Crippen LogP contribution in [0.1, 0.15) is 26.7 Å². The maximum Gasteiger partial charge on any atom is 0.329 e. The second kappa shape index (κ2) is 5.62. The summed E-state index contributed by atoms with van der Waals surface area (Å²) in [5.74, 6) is -0.928. The number of amides is 2. The van der Waals surface area contributed by atoms with E-state index < -0.39 is 11.5 Å². The Balaban J connectivity index is 2.60. The SMILES string of the molecule is CSC(C)CNC(=O)N1CCCC1(C)C(=O)O. The zero-order valence-corrected chi connectivity index (χ0v) is 11.3. The summed E-state index contributed by atoms with van der Waals surface area (Å²) in [5.41, 5.74) is -1.05. The first-order valence-electron chi connectivity index (χ1n) is 5.73. The molecular weight excluding hydrogens is 240 g/mol. The number of likely N-dealkylation sites (tertiary alicyclic amines) is 1. The van der Waals surface area contributed by atoms with Gasteiger partial charge in [0.15, 0.2) is 0 Å². The average Bonchev–Trinajstić information content (AvgIpc) is 2.69. The molecule has 1 rings (SSSR count). The molecule has 1 aliphatic heterocycles. The van der Waals surface area contributed by atoms with Crippen LogP contribution in [-0.2, 0) is 4.79 Å². The molecule has 2 unspecified atom stereocenters. The largest absolute Gasteiger partial charge is 0.480 e. The molecule has 2 atom stereocenters. The van der Waals surface area contributed by atoms with Crippen molar-refractivity contribution in [3.8, 4) is 0 Å². The summed E-state index contributed by atoms with van der Waals surface area (Å²) in [6, 6.07) is -0.270. The predicted molar refractivity (Wildman–Crippen MR) is 68.4 cm³/mol. The number of hydrogen-bond acceptors (Lipinski definition) is 3. The van der Waals surface area contributed by atoms with Crippen LogP contribution < -0.4 is 5.32 Å². The number of carboxylic acid groups (broad SMARTS) is 1. The zero-order chi connectivity index (χ0) is 13.1. The van der Waals surface area contributed by atoms with Crippen LogP contribution in [0.3, 0.4) is 0 Å². The van der Waals surface area contributed by atoms with E-state index in [0.717, 1.165) is 6.42 Å². The van der Waals surface area contributed by atoms with E-state index in [9.17, 15) is 14.7 Å². The Kier molecular flexibility index (Phi) is 4.68. The second-order valence-electron chi connectivity index (χ2n) is 4.57. The minimum Gasteiger partial charge on any atom is -0.480 e. The summed E-state index contributed by atoms with van der Waals surface area (Å²) in [5, 5.41) is 12.3. The lowest BCUT2D eigenvalue weighted by molar-refractivity contribution is -0.147. The molecule has 0 spiro atoms. The highest BCUT2D eigenvalue weighted by atomic mass is 32.2. The third-order valence-electron chi connectivity index (χ3n) is 3.29. The van der Waals surface area contributed by atoms with Crippen LogP contribution in [0.15, 0.2) is 0 Å². The number of hydrogen-bond donors (Lipinski definition) is 2. The van der Waals surface area contributed by atoms with Crippen molar-refractivity contribution in [3.63, 3.8) is 0 Å². The van der Waals surface area contributed by atoms with Gasteiger partial charge in [-0.05, 0) is 26.0 Å². The van der Waals surface area contributed by atoms with Crippen LogP contribution in [0, 0.1) is 0 Å². The highest BCUT2D eigenvalue weighted by molar-refractivity contribution is 7.99. The van der Waals surface area contributed by atoms with E-state index in [1.54, 1.807) is 18.7 Å². The van der Waals surface area contributed by atoms with Gasteiger partial charge in [0.25, 0.3) is 0 Å². The van der Waals surface area contributed by atoms with Gasteiger partial charge in [-0.15, -0.1) is 0 Å². The Hall–Kier alpha value is -0.910. The second-order valence-corrected chi connectivity index (χ2v) is 5.84. The van der Waals surface area contributed by atoms with Gasteiger partial charge in [0, 0.05) is 18.3 Å². The predicted octanol–water partition coefficient (Wildman–Crippen LogP) is 1.39. The molecule has 6 heteroatoms. The summed E-state index contributed by atoms with van der Waals surface area (Å²) in [6.45, 7) is 4.71. The fraction of sp³-hybridized carbons (Fsp3) is 0.818. The smallest absolute Gasteiger partial charge is 0.329 e. The normalized spacial score (nSPS) is 25.7. The van der Waals surface area contributed by atoms with Gasteiger partial charge >= 0.3 is 12.0 Å². The quantitative estimate of drug-likeness (QED) is 0.801. The fourth-order valence-corrected chi connectivity index (χ4v) is 2.17. The van der Waals surface area contributed by atoms with Crippen molar-refractivity contribution < 1.29 is 14.7 Å². The number of thioether (sulfide) groups is 1. The molecule has 0 aromatic rings. The van der Waals surface area contributed by atoms with E-state index in [1.165, 1.54) is 4.90 Å². The zero-order valence-electron chi connectivity index (χ0n) is 10.5.